The van der Waals surface area contributed by atoms with E-state index in [9.17, 15) is 9.90 Å². The lowest BCUT2D eigenvalue weighted by atomic mass is 9.93. The predicted molar refractivity (Wildman–Crippen MR) is 133 cm³/mol. The van der Waals surface area contributed by atoms with Gasteiger partial charge in [-0.25, -0.2) is 0 Å². The Balaban J connectivity index is 1.69. The van der Waals surface area contributed by atoms with E-state index in [0.717, 1.165) is 22.5 Å². The third-order valence-electron chi connectivity index (χ3n) is 5.91. The molecule has 0 aliphatic heterocycles. The maximum absolute atomic E-state index is 12.7. The molecule has 4 rings (SSSR count). The van der Waals surface area contributed by atoms with Crippen LogP contribution in [-0.4, -0.2) is 17.4 Å². The molecule has 4 aromatic rings. The number of anilines is 3. The smallest absolute Gasteiger partial charge is 0.135 e. The van der Waals surface area contributed by atoms with Crippen LogP contribution in [0.25, 0.3) is 10.8 Å². The Morgan fingerprint density at radius 2 is 1.66 bits per heavy atom. The van der Waals surface area contributed by atoms with Crippen LogP contribution in [0.2, 0.25) is 0 Å². The average molecular weight is 425 g/mol. The fraction of sp³-hybridized carbons (Fsp3) is 0.179. The first kappa shape index (κ1) is 21.4. The third-order valence-corrected chi connectivity index (χ3v) is 5.91. The van der Waals surface area contributed by atoms with E-state index in [1.807, 2.05) is 49.4 Å². The summed E-state index contributed by atoms with van der Waals surface area (Å²) in [6, 6.07) is 27.5. The molecule has 0 amide bonds. The van der Waals surface area contributed by atoms with Crippen LogP contribution >= 0.6 is 0 Å². The van der Waals surface area contributed by atoms with Gasteiger partial charge < -0.3 is 15.7 Å². The minimum atomic E-state index is -0.218. The number of Topliss-reactive ketones (excluding diaryl/α,β-unsaturated/α-hetero) is 1. The molecule has 3 N–H and O–H groups in total. The highest BCUT2D eigenvalue weighted by Gasteiger charge is 2.22. The number of phenolic OH excluding ortho intramolecular Hbond substituents is 1. The van der Waals surface area contributed by atoms with Crippen LogP contribution in [0.15, 0.2) is 84.9 Å². The molecule has 0 saturated heterocycles. The Hall–Kier alpha value is -3.79. The van der Waals surface area contributed by atoms with Crippen molar-refractivity contribution in [2.24, 2.45) is 5.92 Å². The monoisotopic (exact) mass is 424 g/mol. The number of carbonyl (C=O) groups is 1. The molecule has 0 aliphatic rings. The summed E-state index contributed by atoms with van der Waals surface area (Å²) in [6.45, 7) is 4.16. The number of nitrogens with two attached hydrogens (primary N) is 1. The van der Waals surface area contributed by atoms with E-state index < -0.39 is 0 Å². The molecule has 0 fully saturated rings. The standard InChI is InChI=1S/C28H28N2O2/c1-19-7-14-27(29)28(15-19)30(25-10-12-26(32)13-11-25)18-24(20(2)31)17-21-8-9-22-5-3-4-6-23(22)16-21/h3-16,24,32H,17-18,29H2,1-2H3. The van der Waals surface area contributed by atoms with Gasteiger partial charge in [-0.2, -0.15) is 0 Å². The van der Waals surface area contributed by atoms with Gasteiger partial charge in [-0.1, -0.05) is 48.5 Å². The van der Waals surface area contributed by atoms with E-state index in [-0.39, 0.29) is 17.5 Å². The molecule has 32 heavy (non-hydrogen) atoms. The second-order valence-electron chi connectivity index (χ2n) is 8.38. The Kier molecular flexibility index (Phi) is 6.13. The van der Waals surface area contributed by atoms with Crippen molar-refractivity contribution in [2.45, 2.75) is 20.3 Å². The van der Waals surface area contributed by atoms with Crippen molar-refractivity contribution in [3.8, 4) is 5.75 Å². The maximum Gasteiger partial charge on any atom is 0.135 e. The highest BCUT2D eigenvalue weighted by molar-refractivity contribution is 5.84. The van der Waals surface area contributed by atoms with Crippen LogP contribution in [0.1, 0.15) is 18.1 Å². The van der Waals surface area contributed by atoms with Gasteiger partial charge in [-0.15, -0.1) is 0 Å². The van der Waals surface area contributed by atoms with Crippen molar-refractivity contribution < 1.29 is 9.90 Å². The van der Waals surface area contributed by atoms with E-state index in [2.05, 4.69) is 35.2 Å². The molecule has 1 atom stereocenters. The number of nitrogens with zero attached hydrogens (tertiary/aromatic N) is 1. The summed E-state index contributed by atoms with van der Waals surface area (Å²) in [5, 5.41) is 12.1. The number of rotatable bonds is 7. The summed E-state index contributed by atoms with van der Waals surface area (Å²) in [4.78, 5) is 14.8. The molecule has 0 heterocycles. The predicted octanol–water partition coefficient (Wildman–Crippen LogP) is 6.02. The fourth-order valence-corrected chi connectivity index (χ4v) is 4.07. The lowest BCUT2D eigenvalue weighted by Crippen LogP contribution is -2.31. The molecule has 0 aromatic heterocycles. The lowest BCUT2D eigenvalue weighted by molar-refractivity contribution is -0.120. The second kappa shape index (κ2) is 9.15. The molecular formula is C28H28N2O2. The molecule has 0 saturated carbocycles. The molecular weight excluding hydrogens is 396 g/mol. The van der Waals surface area contributed by atoms with Crippen molar-refractivity contribution in [1.29, 1.82) is 0 Å². The second-order valence-corrected chi connectivity index (χ2v) is 8.38. The first-order valence-electron chi connectivity index (χ1n) is 10.8. The molecule has 4 aromatic carbocycles. The van der Waals surface area contributed by atoms with Crippen LogP contribution in [0.4, 0.5) is 17.1 Å². The zero-order valence-corrected chi connectivity index (χ0v) is 18.5. The normalized spacial score (nSPS) is 11.9. The Morgan fingerprint density at radius 1 is 0.938 bits per heavy atom. The van der Waals surface area contributed by atoms with Gasteiger partial charge in [0.25, 0.3) is 0 Å². The minimum Gasteiger partial charge on any atom is -0.508 e. The van der Waals surface area contributed by atoms with Crippen LogP contribution < -0.4 is 10.6 Å². The minimum absolute atomic E-state index is 0.133. The molecule has 162 valence electrons. The van der Waals surface area contributed by atoms with Crippen LogP contribution in [-0.2, 0) is 11.2 Å². The van der Waals surface area contributed by atoms with Crippen molar-refractivity contribution in [3.63, 3.8) is 0 Å². The number of phenols is 1. The summed E-state index contributed by atoms with van der Waals surface area (Å²) < 4.78 is 0. The van der Waals surface area contributed by atoms with Crippen molar-refractivity contribution in [3.05, 3.63) is 96.1 Å². The Morgan fingerprint density at radius 3 is 2.38 bits per heavy atom. The van der Waals surface area contributed by atoms with Gasteiger partial charge in [0.2, 0.25) is 0 Å². The largest absolute Gasteiger partial charge is 0.508 e. The lowest BCUT2D eigenvalue weighted by Gasteiger charge is -2.30. The summed E-state index contributed by atoms with van der Waals surface area (Å²) in [5.74, 6) is 0.114. The highest BCUT2D eigenvalue weighted by atomic mass is 16.3. The third kappa shape index (κ3) is 4.75. The maximum atomic E-state index is 12.7. The zero-order valence-electron chi connectivity index (χ0n) is 18.5. The summed E-state index contributed by atoms with van der Waals surface area (Å²) in [7, 11) is 0. The number of ketones is 1. The van der Waals surface area contributed by atoms with Gasteiger partial charge in [0.05, 0.1) is 11.4 Å². The molecule has 0 bridgehead atoms. The van der Waals surface area contributed by atoms with E-state index in [1.165, 1.54) is 10.8 Å². The van der Waals surface area contributed by atoms with E-state index in [4.69, 9.17) is 5.73 Å². The first-order chi connectivity index (χ1) is 15.4. The zero-order chi connectivity index (χ0) is 22.7. The molecule has 0 spiro atoms. The molecule has 4 nitrogen and oxygen atoms in total. The van der Waals surface area contributed by atoms with Crippen molar-refractivity contribution >= 4 is 33.6 Å². The molecule has 1 unspecified atom stereocenters. The molecule has 0 radical (unpaired) electrons. The van der Waals surface area contributed by atoms with Gasteiger partial charge >= 0.3 is 0 Å². The summed E-state index contributed by atoms with van der Waals surface area (Å²) in [5.41, 5.74) is 11.0. The number of fused-ring (bicyclic) bond motifs is 1. The van der Waals surface area contributed by atoms with Gasteiger partial charge in [-0.05, 0) is 78.6 Å². The van der Waals surface area contributed by atoms with E-state index in [0.29, 0.717) is 18.7 Å². The number of hydrogen-bond donors (Lipinski definition) is 2. The number of carbonyl (C=O) groups excluding carboxylic acids is 1. The van der Waals surface area contributed by atoms with Crippen molar-refractivity contribution in [1.82, 2.24) is 0 Å². The SMILES string of the molecule is CC(=O)C(Cc1ccc2ccccc2c1)CN(c1ccc(O)cc1)c1cc(C)ccc1N. The van der Waals surface area contributed by atoms with Crippen LogP contribution in [0.5, 0.6) is 5.75 Å². The Labute approximate surface area is 188 Å². The van der Waals surface area contributed by atoms with E-state index >= 15 is 0 Å². The van der Waals surface area contributed by atoms with Gasteiger partial charge in [-0.3, -0.25) is 4.79 Å². The average Bonchev–Trinajstić information content (AvgIpc) is 2.79. The quantitative estimate of drug-likeness (QED) is 0.356. The van der Waals surface area contributed by atoms with Crippen LogP contribution in [0, 0.1) is 12.8 Å². The number of hydrogen-bond acceptors (Lipinski definition) is 4. The number of nitrogen functional groups attached to an aromatic ring is 1. The molecule has 0 aliphatic carbocycles. The highest BCUT2D eigenvalue weighted by Crippen LogP contribution is 2.33. The van der Waals surface area contributed by atoms with Crippen molar-refractivity contribution in [2.75, 3.05) is 17.2 Å². The van der Waals surface area contributed by atoms with Crippen LogP contribution in [0.3, 0.4) is 0 Å². The Bertz CT molecular complexity index is 1250. The fourth-order valence-electron chi connectivity index (χ4n) is 4.07. The van der Waals surface area contributed by atoms with Gasteiger partial charge in [0.15, 0.2) is 0 Å². The first-order valence-corrected chi connectivity index (χ1v) is 10.8. The number of aromatic hydroxyl groups is 1. The topological polar surface area (TPSA) is 66.6 Å². The number of aryl methyl sites for hydroxylation is 1. The van der Waals surface area contributed by atoms with Gasteiger partial charge in [0.1, 0.15) is 11.5 Å². The van der Waals surface area contributed by atoms with Gasteiger partial charge in [0, 0.05) is 18.2 Å². The van der Waals surface area contributed by atoms with E-state index in [1.54, 1.807) is 19.1 Å². The summed E-state index contributed by atoms with van der Waals surface area (Å²) >= 11 is 0. The number of benzene rings is 4. The molecule has 4 heteroatoms. The summed E-state index contributed by atoms with van der Waals surface area (Å²) in [6.07, 6.45) is 0.639.